The van der Waals surface area contributed by atoms with Crippen molar-refractivity contribution >= 4 is 24.0 Å². The molecule has 0 heterocycles. The van der Waals surface area contributed by atoms with Crippen LogP contribution in [0.5, 0.6) is 0 Å². The van der Waals surface area contributed by atoms with Gasteiger partial charge in [-0.1, -0.05) is 31.9 Å². The first-order valence-corrected chi connectivity index (χ1v) is 5.54. The highest BCUT2D eigenvalue weighted by atomic mass is 35.5. The number of rotatable bonds is 5. The molecule has 1 nitrogen and oxygen atoms in total. The van der Waals surface area contributed by atoms with Gasteiger partial charge in [0.05, 0.1) is 0 Å². The Bertz CT molecular complexity index is 99.5. The van der Waals surface area contributed by atoms with Gasteiger partial charge in [-0.3, -0.25) is 0 Å². The fraction of sp³-hybridized carbons (Fsp3) is 0.818. The minimum Gasteiger partial charge on any atom is -0.306 e. The predicted molar refractivity (Wildman–Crippen MR) is 70.9 cm³/mol. The van der Waals surface area contributed by atoms with Crippen LogP contribution in [0.1, 0.15) is 33.1 Å². The lowest BCUT2D eigenvalue weighted by atomic mass is 10.3. The summed E-state index contributed by atoms with van der Waals surface area (Å²) >= 11 is 5.38. The summed E-state index contributed by atoms with van der Waals surface area (Å²) in [5.41, 5.74) is 0. The van der Waals surface area contributed by atoms with E-state index >= 15 is 0 Å². The molecule has 0 spiro atoms. The third-order valence-electron chi connectivity index (χ3n) is 1.44. The Morgan fingerprint density at radius 3 is 1.93 bits per heavy atom. The molecule has 0 aromatic rings. The molecule has 0 bridgehead atoms. The molecule has 0 aliphatic heterocycles. The zero-order chi connectivity index (χ0) is 10.5. The van der Waals surface area contributed by atoms with E-state index in [2.05, 4.69) is 38.1 Å². The molecule has 88 valence electrons. The third-order valence-corrected chi connectivity index (χ3v) is 1.71. The maximum Gasteiger partial charge on any atom is 0.0223 e. The molecule has 0 rings (SSSR count). The van der Waals surface area contributed by atoms with Crippen LogP contribution < -0.4 is 0 Å². The summed E-state index contributed by atoms with van der Waals surface area (Å²) in [6.45, 7) is 5.26. The molecule has 0 aromatic carbocycles. The molecule has 0 unspecified atom stereocenters. The van der Waals surface area contributed by atoms with Crippen LogP contribution in [0.25, 0.3) is 0 Å². The van der Waals surface area contributed by atoms with Gasteiger partial charge in [0.15, 0.2) is 0 Å². The van der Waals surface area contributed by atoms with Gasteiger partial charge >= 0.3 is 0 Å². The van der Waals surface area contributed by atoms with Gasteiger partial charge in [-0.25, -0.2) is 0 Å². The third kappa shape index (κ3) is 29.5. The lowest BCUT2D eigenvalue weighted by Gasteiger charge is -2.02. The van der Waals surface area contributed by atoms with E-state index in [-0.39, 0.29) is 12.4 Å². The summed E-state index contributed by atoms with van der Waals surface area (Å²) in [5.74, 6) is 0.827. The number of allylic oxidation sites excluding steroid dienone is 1. The smallest absolute Gasteiger partial charge is 0.0223 e. The Morgan fingerprint density at radius 1 is 1.21 bits per heavy atom. The van der Waals surface area contributed by atoms with E-state index in [1.165, 1.54) is 19.3 Å². The van der Waals surface area contributed by atoms with Gasteiger partial charge in [-0.05, 0) is 27.4 Å². The van der Waals surface area contributed by atoms with Gasteiger partial charge in [0.1, 0.15) is 0 Å². The number of hydrogen-bond acceptors (Lipinski definition) is 1. The van der Waals surface area contributed by atoms with Crippen molar-refractivity contribution in [2.75, 3.05) is 26.5 Å². The number of nitrogens with zero attached hydrogens (tertiary/aromatic N) is 1. The lowest BCUT2D eigenvalue weighted by Crippen LogP contribution is -2.10. The van der Waals surface area contributed by atoms with Crippen LogP contribution in [0.4, 0.5) is 0 Å². The van der Waals surface area contributed by atoms with Crippen LogP contribution in [0.15, 0.2) is 12.2 Å². The van der Waals surface area contributed by atoms with E-state index in [1.54, 1.807) is 0 Å². The second-order valence-corrected chi connectivity index (χ2v) is 3.61. The normalized spacial score (nSPS) is 9.57. The van der Waals surface area contributed by atoms with Crippen molar-refractivity contribution in [3.8, 4) is 0 Å². The largest absolute Gasteiger partial charge is 0.306 e. The van der Waals surface area contributed by atoms with Crippen LogP contribution in [-0.4, -0.2) is 31.4 Å². The molecule has 0 aliphatic rings. The van der Waals surface area contributed by atoms with Crippen LogP contribution in [0.3, 0.4) is 0 Å². The van der Waals surface area contributed by atoms with Crippen LogP contribution in [0, 0.1) is 0 Å². The summed E-state index contributed by atoms with van der Waals surface area (Å²) in [4.78, 5) is 2.12. The molecular weight excluding hydrogens is 217 g/mol. The number of halogens is 2. The van der Waals surface area contributed by atoms with Gasteiger partial charge in [0.2, 0.25) is 0 Å². The van der Waals surface area contributed by atoms with Gasteiger partial charge < -0.3 is 4.90 Å². The zero-order valence-corrected chi connectivity index (χ0v) is 11.5. The van der Waals surface area contributed by atoms with E-state index in [9.17, 15) is 0 Å². The van der Waals surface area contributed by atoms with Crippen LogP contribution in [0.2, 0.25) is 0 Å². The minimum absolute atomic E-state index is 0. The molecule has 0 aliphatic carbocycles. The molecular formula is C11H25Cl2N. The van der Waals surface area contributed by atoms with Crippen molar-refractivity contribution in [2.45, 2.75) is 33.1 Å². The quantitative estimate of drug-likeness (QED) is 0.400. The Kier molecular flexibility index (Phi) is 26.8. The number of alkyl halides is 1. The topological polar surface area (TPSA) is 3.24 Å². The first kappa shape index (κ1) is 19.8. The second-order valence-electron chi connectivity index (χ2n) is 3.23. The molecule has 14 heavy (non-hydrogen) atoms. The van der Waals surface area contributed by atoms with E-state index in [0.29, 0.717) is 0 Å². The van der Waals surface area contributed by atoms with Gasteiger partial charge in [0, 0.05) is 12.4 Å². The van der Waals surface area contributed by atoms with E-state index < -0.39 is 0 Å². The van der Waals surface area contributed by atoms with Gasteiger partial charge in [0.25, 0.3) is 0 Å². The van der Waals surface area contributed by atoms with Crippen molar-refractivity contribution < 1.29 is 0 Å². The second kappa shape index (κ2) is 18.9. The van der Waals surface area contributed by atoms with E-state index in [4.69, 9.17) is 11.6 Å². The first-order valence-electron chi connectivity index (χ1n) is 5.00. The fourth-order valence-electron chi connectivity index (χ4n) is 0.661. The molecule has 0 amide bonds. The monoisotopic (exact) mass is 241 g/mol. The van der Waals surface area contributed by atoms with Crippen molar-refractivity contribution in [3.05, 3.63) is 12.2 Å². The van der Waals surface area contributed by atoms with Crippen molar-refractivity contribution in [3.63, 3.8) is 0 Å². The Hall–Kier alpha value is 0.280. The lowest BCUT2D eigenvalue weighted by molar-refractivity contribution is 0.456. The van der Waals surface area contributed by atoms with E-state index in [1.807, 2.05) is 6.92 Å². The van der Waals surface area contributed by atoms with Gasteiger partial charge in [-0.2, -0.15) is 0 Å². The summed E-state index contributed by atoms with van der Waals surface area (Å²) in [6.07, 6.45) is 7.91. The average molecular weight is 242 g/mol. The maximum atomic E-state index is 5.38. The summed E-state index contributed by atoms with van der Waals surface area (Å²) in [6, 6.07) is 0. The first-order chi connectivity index (χ1) is 6.18. The van der Waals surface area contributed by atoms with Crippen LogP contribution >= 0.6 is 24.0 Å². The number of hydrogen-bond donors (Lipinski definition) is 0. The predicted octanol–water partition coefficient (Wildman–Crippen LogP) is 3.96. The highest BCUT2D eigenvalue weighted by molar-refractivity contribution is 6.17. The Labute approximate surface area is 101 Å². The minimum atomic E-state index is 0. The van der Waals surface area contributed by atoms with Crippen molar-refractivity contribution in [2.24, 2.45) is 0 Å². The highest BCUT2D eigenvalue weighted by Gasteiger charge is 1.77. The molecule has 0 N–H and O–H groups in total. The van der Waals surface area contributed by atoms with Gasteiger partial charge in [-0.15, -0.1) is 24.0 Å². The van der Waals surface area contributed by atoms with Crippen LogP contribution in [-0.2, 0) is 0 Å². The Balaban J connectivity index is -0.000000163. The molecule has 0 fully saturated rings. The Morgan fingerprint density at radius 2 is 1.79 bits per heavy atom. The van der Waals surface area contributed by atoms with Crippen molar-refractivity contribution in [1.29, 1.82) is 0 Å². The highest BCUT2D eigenvalue weighted by Crippen LogP contribution is 1.93. The molecule has 3 heteroatoms. The standard InChI is InChI=1S/C6H13N.C5H11Cl.ClH/c1-4-5-6-7(2)3;1-2-3-4-5-6;/h4-5H,6H2,1-3H3;2-5H2,1H3;1H/b5-4+;;. The summed E-state index contributed by atoms with van der Waals surface area (Å²) < 4.78 is 0. The summed E-state index contributed by atoms with van der Waals surface area (Å²) in [7, 11) is 4.11. The number of unbranched alkanes of at least 4 members (excludes halogenated alkanes) is 2. The SMILES string of the molecule is C/C=C/CN(C)C.CCCCCCl.Cl. The molecule has 0 saturated carbocycles. The van der Waals surface area contributed by atoms with E-state index in [0.717, 1.165) is 12.4 Å². The molecule has 0 radical (unpaired) electrons. The molecule has 0 aromatic heterocycles. The summed E-state index contributed by atoms with van der Waals surface area (Å²) in [5, 5.41) is 0. The number of likely N-dealkylation sites (N-methyl/N-ethyl adjacent to an activating group) is 1. The molecule has 0 saturated heterocycles. The zero-order valence-electron chi connectivity index (χ0n) is 9.92. The molecule has 0 atom stereocenters. The fourth-order valence-corrected chi connectivity index (χ4v) is 0.850. The van der Waals surface area contributed by atoms with Crippen molar-refractivity contribution in [1.82, 2.24) is 4.90 Å². The maximum absolute atomic E-state index is 5.38. The average Bonchev–Trinajstić information content (AvgIpc) is 2.12.